The minimum Gasteiger partial charge on any atom is -0.383 e. The summed E-state index contributed by atoms with van der Waals surface area (Å²) in [6.07, 6.45) is 2.35. The van der Waals surface area contributed by atoms with Crippen molar-refractivity contribution in [1.29, 1.82) is 0 Å². The Labute approximate surface area is 113 Å². The zero-order chi connectivity index (χ0) is 13.8. The fraction of sp³-hybridized carbons (Fsp3) is 0.750. The molecule has 106 valence electrons. The van der Waals surface area contributed by atoms with Gasteiger partial charge in [-0.3, -0.25) is 0 Å². The lowest BCUT2D eigenvalue weighted by molar-refractivity contribution is 0.183. The summed E-state index contributed by atoms with van der Waals surface area (Å²) >= 11 is 0. The molecule has 7 nitrogen and oxygen atoms in total. The first-order valence-corrected chi connectivity index (χ1v) is 6.60. The third-order valence-corrected chi connectivity index (χ3v) is 3.40. The molecule has 1 aromatic rings. The quantitative estimate of drug-likeness (QED) is 0.832. The van der Waals surface area contributed by atoms with Crippen LogP contribution in [-0.4, -0.2) is 54.8 Å². The van der Waals surface area contributed by atoms with Gasteiger partial charge < -0.3 is 20.3 Å². The molecule has 1 saturated heterocycles. The lowest BCUT2D eigenvalue weighted by Gasteiger charge is -2.25. The summed E-state index contributed by atoms with van der Waals surface area (Å²) in [6.45, 7) is 4.64. The van der Waals surface area contributed by atoms with Crippen LogP contribution < -0.4 is 15.5 Å². The Morgan fingerprint density at radius 2 is 2.00 bits per heavy atom. The average Bonchev–Trinajstić information content (AvgIpc) is 2.91. The number of aromatic nitrogens is 3. The minimum absolute atomic E-state index is 0.179. The van der Waals surface area contributed by atoms with Gasteiger partial charge in [0.2, 0.25) is 17.8 Å². The lowest BCUT2D eigenvalue weighted by atomic mass is 10.3. The number of rotatable bonds is 5. The molecular weight excluding hydrogens is 244 g/mol. The molecule has 1 fully saturated rings. The number of hydrogen-bond acceptors (Lipinski definition) is 7. The summed E-state index contributed by atoms with van der Waals surface area (Å²) in [6, 6.07) is 0.179. The van der Waals surface area contributed by atoms with Crippen LogP contribution in [0.5, 0.6) is 0 Å². The van der Waals surface area contributed by atoms with Gasteiger partial charge >= 0.3 is 0 Å². The maximum absolute atomic E-state index is 5.79. The Morgan fingerprint density at radius 3 is 2.63 bits per heavy atom. The second-order valence-corrected chi connectivity index (χ2v) is 4.90. The largest absolute Gasteiger partial charge is 0.383 e. The van der Waals surface area contributed by atoms with Crippen LogP contribution in [0.2, 0.25) is 0 Å². The predicted octanol–water partition coefficient (Wildman–Crippen LogP) is 0.525. The summed E-state index contributed by atoms with van der Waals surface area (Å²) < 4.78 is 5.15. The molecule has 0 spiro atoms. The van der Waals surface area contributed by atoms with Crippen molar-refractivity contribution < 1.29 is 4.74 Å². The van der Waals surface area contributed by atoms with E-state index in [-0.39, 0.29) is 12.0 Å². The van der Waals surface area contributed by atoms with Crippen molar-refractivity contribution in [3.63, 3.8) is 0 Å². The van der Waals surface area contributed by atoms with Gasteiger partial charge in [-0.1, -0.05) is 0 Å². The van der Waals surface area contributed by atoms with E-state index in [1.807, 2.05) is 11.9 Å². The number of methoxy groups -OCH3 is 1. The smallest absolute Gasteiger partial charge is 0.232 e. The molecule has 0 saturated carbocycles. The van der Waals surface area contributed by atoms with Crippen LogP contribution in [-0.2, 0) is 4.74 Å². The highest BCUT2D eigenvalue weighted by molar-refractivity contribution is 5.44. The third kappa shape index (κ3) is 3.23. The fourth-order valence-corrected chi connectivity index (χ4v) is 2.14. The van der Waals surface area contributed by atoms with Crippen LogP contribution in [0.15, 0.2) is 0 Å². The molecule has 7 heteroatoms. The molecule has 0 aromatic carbocycles. The fourth-order valence-electron chi connectivity index (χ4n) is 2.14. The lowest BCUT2D eigenvalue weighted by Crippen LogP contribution is -2.34. The number of nitrogens with two attached hydrogens (primary N) is 1. The summed E-state index contributed by atoms with van der Waals surface area (Å²) in [7, 11) is 3.62. The Kier molecular flexibility index (Phi) is 4.36. The number of nitrogen functional groups attached to an aromatic ring is 1. The molecule has 2 rings (SSSR count). The van der Waals surface area contributed by atoms with Gasteiger partial charge in [-0.05, 0) is 19.8 Å². The predicted molar refractivity (Wildman–Crippen MR) is 75.4 cm³/mol. The number of nitrogens with zero attached hydrogens (tertiary/aromatic N) is 5. The molecule has 2 N–H and O–H groups in total. The van der Waals surface area contributed by atoms with Gasteiger partial charge in [0.05, 0.1) is 12.6 Å². The molecule has 1 aliphatic rings. The van der Waals surface area contributed by atoms with Crippen LogP contribution in [0.4, 0.5) is 17.8 Å². The maximum atomic E-state index is 5.79. The van der Waals surface area contributed by atoms with Crippen molar-refractivity contribution in [3.8, 4) is 0 Å². The highest BCUT2D eigenvalue weighted by Crippen LogP contribution is 2.19. The van der Waals surface area contributed by atoms with Crippen LogP contribution in [0, 0.1) is 0 Å². The van der Waals surface area contributed by atoms with Crippen LogP contribution in [0.1, 0.15) is 19.8 Å². The second-order valence-electron chi connectivity index (χ2n) is 4.90. The first kappa shape index (κ1) is 13.8. The Bertz CT molecular complexity index is 421. The molecule has 0 amide bonds. The summed E-state index contributed by atoms with van der Waals surface area (Å²) in [5.74, 6) is 1.54. The number of likely N-dealkylation sites (N-methyl/N-ethyl adjacent to an activating group) is 1. The molecule has 1 unspecified atom stereocenters. The van der Waals surface area contributed by atoms with Gasteiger partial charge in [0, 0.05) is 27.2 Å². The van der Waals surface area contributed by atoms with E-state index in [0.717, 1.165) is 13.1 Å². The molecule has 0 bridgehead atoms. The zero-order valence-electron chi connectivity index (χ0n) is 11.8. The summed E-state index contributed by atoms with van der Waals surface area (Å²) in [5, 5.41) is 0. The van der Waals surface area contributed by atoms with E-state index in [2.05, 4.69) is 26.8 Å². The van der Waals surface area contributed by atoms with E-state index in [4.69, 9.17) is 10.5 Å². The number of anilines is 3. The molecule has 0 aliphatic carbocycles. The van der Waals surface area contributed by atoms with Crippen LogP contribution >= 0.6 is 0 Å². The van der Waals surface area contributed by atoms with Crippen molar-refractivity contribution in [2.24, 2.45) is 0 Å². The van der Waals surface area contributed by atoms with Gasteiger partial charge in [0.1, 0.15) is 0 Å². The molecule has 2 heterocycles. The standard InChI is InChI=1S/C12H22N6O/c1-9(8-19-3)17(2)11-14-10(13)15-12(16-11)18-6-4-5-7-18/h9H,4-8H2,1-3H3,(H2,13,14,15,16). The average molecular weight is 266 g/mol. The summed E-state index contributed by atoms with van der Waals surface area (Å²) in [5.41, 5.74) is 5.79. The topological polar surface area (TPSA) is 80.4 Å². The first-order chi connectivity index (χ1) is 9.11. The first-order valence-electron chi connectivity index (χ1n) is 6.60. The van der Waals surface area contributed by atoms with Crippen molar-refractivity contribution in [1.82, 2.24) is 15.0 Å². The molecule has 19 heavy (non-hydrogen) atoms. The second kappa shape index (κ2) is 6.01. The normalized spacial score (nSPS) is 16.7. The molecule has 1 atom stereocenters. The number of hydrogen-bond donors (Lipinski definition) is 1. The van der Waals surface area contributed by atoms with E-state index in [0.29, 0.717) is 18.5 Å². The van der Waals surface area contributed by atoms with E-state index >= 15 is 0 Å². The zero-order valence-corrected chi connectivity index (χ0v) is 11.8. The Balaban J connectivity index is 2.20. The van der Waals surface area contributed by atoms with E-state index in [9.17, 15) is 0 Å². The molecular formula is C12H22N6O. The van der Waals surface area contributed by atoms with Crippen molar-refractivity contribution >= 4 is 17.8 Å². The molecule has 0 radical (unpaired) electrons. The minimum atomic E-state index is 0.179. The van der Waals surface area contributed by atoms with Gasteiger partial charge in [-0.25, -0.2) is 0 Å². The van der Waals surface area contributed by atoms with E-state index in [1.165, 1.54) is 12.8 Å². The van der Waals surface area contributed by atoms with E-state index in [1.54, 1.807) is 7.11 Å². The van der Waals surface area contributed by atoms with Crippen molar-refractivity contribution in [2.75, 3.05) is 49.4 Å². The monoisotopic (exact) mass is 266 g/mol. The maximum Gasteiger partial charge on any atom is 0.232 e. The third-order valence-electron chi connectivity index (χ3n) is 3.40. The Hall–Kier alpha value is -1.63. The van der Waals surface area contributed by atoms with Gasteiger partial charge in [-0.2, -0.15) is 15.0 Å². The van der Waals surface area contributed by atoms with Crippen molar-refractivity contribution in [2.45, 2.75) is 25.8 Å². The van der Waals surface area contributed by atoms with Crippen molar-refractivity contribution in [3.05, 3.63) is 0 Å². The van der Waals surface area contributed by atoms with Gasteiger partial charge in [0.15, 0.2) is 0 Å². The summed E-state index contributed by atoms with van der Waals surface area (Å²) in [4.78, 5) is 17.1. The Morgan fingerprint density at radius 1 is 1.32 bits per heavy atom. The molecule has 1 aliphatic heterocycles. The highest BCUT2D eigenvalue weighted by Gasteiger charge is 2.19. The van der Waals surface area contributed by atoms with Gasteiger partial charge in [-0.15, -0.1) is 0 Å². The van der Waals surface area contributed by atoms with Crippen LogP contribution in [0.3, 0.4) is 0 Å². The SMILES string of the molecule is COCC(C)N(C)c1nc(N)nc(N2CCCC2)n1. The highest BCUT2D eigenvalue weighted by atomic mass is 16.5. The molecule has 1 aromatic heterocycles. The van der Waals surface area contributed by atoms with E-state index < -0.39 is 0 Å². The van der Waals surface area contributed by atoms with Gasteiger partial charge in [0.25, 0.3) is 0 Å². The van der Waals surface area contributed by atoms with Crippen LogP contribution in [0.25, 0.3) is 0 Å². The number of ether oxygens (including phenoxy) is 1.